The first kappa shape index (κ1) is 13.9. The highest BCUT2D eigenvalue weighted by Gasteiger charge is 2.28. The number of aromatic amines is 1. The molecule has 0 saturated carbocycles. The predicted molar refractivity (Wildman–Crippen MR) is 80.3 cm³/mol. The first-order valence-electron chi connectivity index (χ1n) is 6.85. The zero-order valence-electron chi connectivity index (χ0n) is 11.4. The zero-order valence-corrected chi connectivity index (χ0v) is 12.2. The van der Waals surface area contributed by atoms with Crippen molar-refractivity contribution >= 4 is 23.2 Å². The summed E-state index contributed by atoms with van der Waals surface area (Å²) in [6.07, 6.45) is 2.42. The first-order valence-corrected chi connectivity index (χ1v) is 7.22. The van der Waals surface area contributed by atoms with Crippen LogP contribution in [0.4, 0.5) is 5.69 Å². The summed E-state index contributed by atoms with van der Waals surface area (Å²) < 4.78 is 0. The van der Waals surface area contributed by atoms with E-state index in [2.05, 4.69) is 20.5 Å². The minimum Gasteiger partial charge on any atom is -0.376 e. The summed E-state index contributed by atoms with van der Waals surface area (Å²) in [5, 5.41) is 10.5. The van der Waals surface area contributed by atoms with E-state index in [1.165, 1.54) is 6.33 Å². The molecule has 1 aliphatic heterocycles. The molecule has 1 amide bonds. The third kappa shape index (κ3) is 3.33. The minimum atomic E-state index is 0.0805. The van der Waals surface area contributed by atoms with E-state index >= 15 is 0 Å². The molecule has 2 N–H and O–H groups in total. The number of anilines is 1. The van der Waals surface area contributed by atoms with Gasteiger partial charge in [0.15, 0.2) is 0 Å². The van der Waals surface area contributed by atoms with Gasteiger partial charge in [-0.2, -0.15) is 5.10 Å². The van der Waals surface area contributed by atoms with Gasteiger partial charge in [-0.25, -0.2) is 4.98 Å². The molecule has 1 atom stereocenters. The van der Waals surface area contributed by atoms with E-state index in [-0.39, 0.29) is 18.4 Å². The van der Waals surface area contributed by atoms with Crippen molar-refractivity contribution in [2.24, 2.45) is 0 Å². The second-order valence-electron chi connectivity index (χ2n) is 5.06. The normalized spacial score (nSPS) is 18.0. The van der Waals surface area contributed by atoms with Crippen molar-refractivity contribution in [3.8, 4) is 0 Å². The van der Waals surface area contributed by atoms with Gasteiger partial charge in [0.05, 0.1) is 6.54 Å². The molecule has 1 saturated heterocycles. The van der Waals surface area contributed by atoms with Gasteiger partial charge >= 0.3 is 0 Å². The SMILES string of the molecule is O=C(CNc1cccc(Cl)c1)N1CCC(c2ncn[nH]2)C1. The Bertz CT molecular complexity index is 616. The van der Waals surface area contributed by atoms with Crippen molar-refractivity contribution in [2.75, 3.05) is 25.0 Å². The molecule has 2 heterocycles. The lowest BCUT2D eigenvalue weighted by molar-refractivity contribution is -0.128. The number of hydrogen-bond acceptors (Lipinski definition) is 4. The third-order valence-electron chi connectivity index (χ3n) is 3.63. The largest absolute Gasteiger partial charge is 0.376 e. The molecule has 0 aliphatic carbocycles. The van der Waals surface area contributed by atoms with Crippen LogP contribution in [-0.2, 0) is 4.79 Å². The first-order chi connectivity index (χ1) is 10.2. The summed E-state index contributed by atoms with van der Waals surface area (Å²) in [6.45, 7) is 1.70. The number of likely N-dealkylation sites (tertiary alicyclic amines) is 1. The number of H-pyrrole nitrogens is 1. The molecule has 2 aromatic rings. The van der Waals surface area contributed by atoms with Gasteiger partial charge in [0.25, 0.3) is 0 Å². The van der Waals surface area contributed by atoms with Crippen molar-refractivity contribution in [1.29, 1.82) is 0 Å². The molecule has 1 aromatic carbocycles. The molecule has 1 aliphatic rings. The number of rotatable bonds is 4. The monoisotopic (exact) mass is 305 g/mol. The summed E-state index contributed by atoms with van der Waals surface area (Å²) in [4.78, 5) is 18.2. The van der Waals surface area contributed by atoms with Gasteiger partial charge in [0.2, 0.25) is 5.91 Å². The van der Waals surface area contributed by atoms with Crippen LogP contribution in [0.2, 0.25) is 5.02 Å². The Morgan fingerprint density at radius 3 is 3.19 bits per heavy atom. The average molecular weight is 306 g/mol. The zero-order chi connectivity index (χ0) is 14.7. The summed E-state index contributed by atoms with van der Waals surface area (Å²) in [5.41, 5.74) is 0.849. The topological polar surface area (TPSA) is 73.9 Å². The average Bonchev–Trinajstić information content (AvgIpc) is 3.15. The Morgan fingerprint density at radius 2 is 2.43 bits per heavy atom. The number of benzene rings is 1. The Balaban J connectivity index is 1.52. The maximum Gasteiger partial charge on any atom is 0.241 e. The number of hydrogen-bond donors (Lipinski definition) is 2. The van der Waals surface area contributed by atoms with Crippen LogP contribution >= 0.6 is 11.6 Å². The van der Waals surface area contributed by atoms with E-state index in [0.29, 0.717) is 11.6 Å². The van der Waals surface area contributed by atoms with E-state index < -0.39 is 0 Å². The Morgan fingerprint density at radius 1 is 1.52 bits per heavy atom. The van der Waals surface area contributed by atoms with Gasteiger partial charge in [0, 0.05) is 29.7 Å². The maximum atomic E-state index is 12.2. The fourth-order valence-corrected chi connectivity index (χ4v) is 2.70. The van der Waals surface area contributed by atoms with E-state index in [4.69, 9.17) is 11.6 Å². The maximum absolute atomic E-state index is 12.2. The number of amides is 1. The van der Waals surface area contributed by atoms with Gasteiger partial charge in [-0.3, -0.25) is 9.89 Å². The van der Waals surface area contributed by atoms with E-state index in [1.54, 1.807) is 12.1 Å². The molecule has 1 fully saturated rings. The molecule has 1 aromatic heterocycles. The number of aromatic nitrogens is 3. The van der Waals surface area contributed by atoms with Gasteiger partial charge in [-0.05, 0) is 24.6 Å². The molecule has 110 valence electrons. The van der Waals surface area contributed by atoms with Crippen molar-refractivity contribution in [3.63, 3.8) is 0 Å². The molecule has 6 nitrogen and oxygen atoms in total. The highest BCUT2D eigenvalue weighted by molar-refractivity contribution is 6.30. The van der Waals surface area contributed by atoms with Crippen LogP contribution in [0.5, 0.6) is 0 Å². The fourth-order valence-electron chi connectivity index (χ4n) is 2.51. The number of nitrogens with zero attached hydrogens (tertiary/aromatic N) is 3. The molecule has 7 heteroatoms. The predicted octanol–water partition coefficient (Wildman–Crippen LogP) is 1.89. The molecule has 0 spiro atoms. The Hall–Kier alpha value is -2.08. The van der Waals surface area contributed by atoms with Crippen molar-refractivity contribution in [2.45, 2.75) is 12.3 Å². The summed E-state index contributed by atoms with van der Waals surface area (Å²) in [7, 11) is 0. The van der Waals surface area contributed by atoms with Crippen LogP contribution in [0.3, 0.4) is 0 Å². The van der Waals surface area contributed by atoms with Crippen LogP contribution in [0.1, 0.15) is 18.2 Å². The highest BCUT2D eigenvalue weighted by Crippen LogP contribution is 2.24. The van der Waals surface area contributed by atoms with Gasteiger partial charge in [0.1, 0.15) is 12.2 Å². The smallest absolute Gasteiger partial charge is 0.241 e. The standard InChI is InChI=1S/C14H16ClN5O/c15-11-2-1-3-12(6-11)16-7-13(21)20-5-4-10(8-20)14-17-9-18-19-14/h1-3,6,9-10,16H,4-5,7-8H2,(H,17,18,19). The quantitative estimate of drug-likeness (QED) is 0.904. The highest BCUT2D eigenvalue weighted by atomic mass is 35.5. The minimum absolute atomic E-state index is 0.0805. The van der Waals surface area contributed by atoms with E-state index in [1.807, 2.05) is 17.0 Å². The molecule has 21 heavy (non-hydrogen) atoms. The number of nitrogens with one attached hydrogen (secondary N) is 2. The Kier molecular flexibility index (Phi) is 4.06. The lowest BCUT2D eigenvalue weighted by Crippen LogP contribution is -2.33. The van der Waals surface area contributed by atoms with Crippen LogP contribution in [0.25, 0.3) is 0 Å². The van der Waals surface area contributed by atoms with Crippen molar-refractivity contribution in [1.82, 2.24) is 20.1 Å². The number of halogens is 1. The lowest BCUT2D eigenvalue weighted by Gasteiger charge is -2.17. The van der Waals surface area contributed by atoms with Crippen molar-refractivity contribution in [3.05, 3.63) is 41.4 Å². The van der Waals surface area contributed by atoms with Gasteiger partial charge in [-0.15, -0.1) is 0 Å². The number of carbonyl (C=O) groups excluding carboxylic acids is 1. The van der Waals surface area contributed by atoms with Crippen LogP contribution in [-0.4, -0.2) is 45.6 Å². The number of carbonyl (C=O) groups is 1. The van der Waals surface area contributed by atoms with Crippen LogP contribution in [0, 0.1) is 0 Å². The molecular weight excluding hydrogens is 290 g/mol. The van der Waals surface area contributed by atoms with Gasteiger partial charge < -0.3 is 10.2 Å². The fraction of sp³-hybridized carbons (Fsp3) is 0.357. The second-order valence-corrected chi connectivity index (χ2v) is 5.50. The van der Waals surface area contributed by atoms with E-state index in [0.717, 1.165) is 24.5 Å². The van der Waals surface area contributed by atoms with Crippen molar-refractivity contribution < 1.29 is 4.79 Å². The molecule has 0 radical (unpaired) electrons. The van der Waals surface area contributed by atoms with Crippen LogP contribution in [0.15, 0.2) is 30.6 Å². The second kappa shape index (κ2) is 6.13. The Labute approximate surface area is 127 Å². The molecule has 1 unspecified atom stereocenters. The summed E-state index contributed by atoms with van der Waals surface area (Å²) >= 11 is 5.91. The summed E-state index contributed by atoms with van der Waals surface area (Å²) in [6, 6.07) is 7.35. The molecule has 3 rings (SSSR count). The third-order valence-corrected chi connectivity index (χ3v) is 3.86. The van der Waals surface area contributed by atoms with Gasteiger partial charge in [-0.1, -0.05) is 17.7 Å². The summed E-state index contributed by atoms with van der Waals surface area (Å²) in [5.74, 6) is 1.19. The van der Waals surface area contributed by atoms with E-state index in [9.17, 15) is 4.79 Å². The van der Waals surface area contributed by atoms with Crippen LogP contribution < -0.4 is 5.32 Å². The molecule has 0 bridgehead atoms. The lowest BCUT2D eigenvalue weighted by atomic mass is 10.1. The molecular formula is C14H16ClN5O.